The average Bonchev–Trinajstić information content (AvgIpc) is 2.93. The van der Waals surface area contributed by atoms with E-state index in [0.29, 0.717) is 18.6 Å². The molecule has 0 bridgehead atoms. The second-order valence-electron chi connectivity index (χ2n) is 10.1. The Morgan fingerprint density at radius 3 is 2.00 bits per heavy atom. The molecular formula is C33H27NO5. The molecule has 6 rings (SSSR count). The van der Waals surface area contributed by atoms with Crippen molar-refractivity contribution in [3.63, 3.8) is 0 Å². The van der Waals surface area contributed by atoms with Crippen LogP contribution in [0.4, 0.5) is 5.69 Å². The number of anilines is 1. The third kappa shape index (κ3) is 4.70. The van der Waals surface area contributed by atoms with E-state index in [1.165, 1.54) is 0 Å². The fraction of sp³-hybridized carbons (Fsp3) is 0.182. The number of aliphatic carboxylic acids is 1. The van der Waals surface area contributed by atoms with Gasteiger partial charge in [0.25, 0.3) is 0 Å². The number of ether oxygens (including phenoxy) is 1. The molecule has 1 fully saturated rings. The van der Waals surface area contributed by atoms with Crippen LogP contribution in [-0.4, -0.2) is 23.0 Å². The van der Waals surface area contributed by atoms with Crippen LogP contribution >= 0.6 is 0 Å². The predicted octanol–water partition coefficient (Wildman–Crippen LogP) is 6.04. The van der Waals surface area contributed by atoms with Crippen LogP contribution in [0.5, 0.6) is 5.75 Å². The average molecular weight is 518 g/mol. The van der Waals surface area contributed by atoms with E-state index in [1.54, 1.807) is 6.07 Å². The Morgan fingerprint density at radius 1 is 0.718 bits per heavy atom. The third-order valence-corrected chi connectivity index (χ3v) is 7.86. The molecule has 6 heteroatoms. The van der Waals surface area contributed by atoms with E-state index in [9.17, 15) is 19.5 Å². The molecule has 2 atom stereocenters. The van der Waals surface area contributed by atoms with Gasteiger partial charge >= 0.3 is 11.9 Å². The van der Waals surface area contributed by atoms with Gasteiger partial charge in [-0.05, 0) is 58.5 Å². The van der Waals surface area contributed by atoms with Crippen LogP contribution in [0.1, 0.15) is 34.9 Å². The lowest BCUT2D eigenvalue weighted by atomic mass is 9.52. The number of benzene rings is 4. The molecule has 0 aromatic heterocycles. The number of carboxylic acid groups (broad SMARTS) is 1. The molecule has 1 aliphatic carbocycles. The van der Waals surface area contributed by atoms with E-state index >= 15 is 0 Å². The van der Waals surface area contributed by atoms with Crippen LogP contribution in [0, 0.1) is 11.8 Å². The molecule has 1 heterocycles. The maximum absolute atomic E-state index is 13.7. The van der Waals surface area contributed by atoms with E-state index < -0.39 is 35.6 Å². The highest BCUT2D eigenvalue weighted by Gasteiger charge is 2.59. The first-order valence-corrected chi connectivity index (χ1v) is 13.1. The van der Waals surface area contributed by atoms with E-state index in [0.717, 1.165) is 33.5 Å². The standard InChI is InChI=1S/C33H27NO5/c35-27-17-15-24-18-23(14-16-26(24)34-27)22-12-7-13-25(19-22)39-33(38)31-28(20-8-3-1-4-9-20)30(32(36)37)29(31)21-10-5-2-6-11-21/h1-14,16,18-19,28-31H,15,17H2,(H,34,35)(H,36,37)/t28-,29-,30?,31?/m1/s1. The molecule has 194 valence electrons. The highest BCUT2D eigenvalue weighted by molar-refractivity contribution is 5.94. The number of esters is 1. The molecule has 1 saturated carbocycles. The Bertz CT molecular complexity index is 1500. The van der Waals surface area contributed by atoms with Gasteiger partial charge < -0.3 is 15.2 Å². The number of hydrogen-bond acceptors (Lipinski definition) is 4. The number of amides is 1. The summed E-state index contributed by atoms with van der Waals surface area (Å²) in [5.74, 6) is -3.33. The summed E-state index contributed by atoms with van der Waals surface area (Å²) in [4.78, 5) is 37.9. The van der Waals surface area contributed by atoms with Gasteiger partial charge in [0, 0.05) is 23.9 Å². The zero-order chi connectivity index (χ0) is 26.9. The van der Waals surface area contributed by atoms with E-state index in [2.05, 4.69) is 11.4 Å². The Balaban J connectivity index is 1.30. The summed E-state index contributed by atoms with van der Waals surface area (Å²) < 4.78 is 5.95. The predicted molar refractivity (Wildman–Crippen MR) is 147 cm³/mol. The zero-order valence-corrected chi connectivity index (χ0v) is 21.1. The molecule has 39 heavy (non-hydrogen) atoms. The maximum atomic E-state index is 13.7. The Kier molecular flexibility index (Phi) is 6.45. The molecule has 0 radical (unpaired) electrons. The van der Waals surface area contributed by atoms with Gasteiger partial charge in [0.15, 0.2) is 0 Å². The van der Waals surface area contributed by atoms with Crippen LogP contribution in [0.15, 0.2) is 103 Å². The number of rotatable bonds is 6. The van der Waals surface area contributed by atoms with Gasteiger partial charge in [0.05, 0.1) is 11.8 Å². The van der Waals surface area contributed by atoms with Gasteiger partial charge in [0.1, 0.15) is 5.75 Å². The smallest absolute Gasteiger partial charge is 0.315 e. The summed E-state index contributed by atoms with van der Waals surface area (Å²) in [5, 5.41) is 13.1. The van der Waals surface area contributed by atoms with Crippen molar-refractivity contribution in [3.05, 3.63) is 120 Å². The summed E-state index contributed by atoms with van der Waals surface area (Å²) in [6.07, 6.45) is 1.13. The molecule has 2 aliphatic rings. The highest BCUT2D eigenvalue weighted by atomic mass is 16.5. The van der Waals surface area contributed by atoms with Gasteiger partial charge in [-0.2, -0.15) is 0 Å². The molecule has 4 aromatic rings. The largest absolute Gasteiger partial charge is 0.481 e. The van der Waals surface area contributed by atoms with Crippen molar-refractivity contribution in [2.24, 2.45) is 11.8 Å². The van der Waals surface area contributed by atoms with Crippen LogP contribution in [0.2, 0.25) is 0 Å². The SMILES string of the molecule is O=C1CCc2cc(-c3cccc(OC(=O)C4[C@H](c5ccccc5)C(C(=O)O)[C@H]4c4ccccc4)c3)ccc2N1. The quantitative estimate of drug-likeness (QED) is 0.240. The maximum Gasteiger partial charge on any atom is 0.315 e. The topological polar surface area (TPSA) is 92.7 Å². The summed E-state index contributed by atoms with van der Waals surface area (Å²) in [5.41, 5.74) is 5.37. The summed E-state index contributed by atoms with van der Waals surface area (Å²) in [7, 11) is 0. The lowest BCUT2D eigenvalue weighted by molar-refractivity contribution is -0.158. The second kappa shape index (κ2) is 10.2. The molecule has 2 N–H and O–H groups in total. The van der Waals surface area contributed by atoms with Crippen LogP contribution in [0.3, 0.4) is 0 Å². The first-order valence-electron chi connectivity index (χ1n) is 13.1. The fourth-order valence-corrected chi connectivity index (χ4v) is 6.01. The summed E-state index contributed by atoms with van der Waals surface area (Å²) >= 11 is 0. The van der Waals surface area contributed by atoms with Crippen molar-refractivity contribution in [2.45, 2.75) is 24.7 Å². The third-order valence-electron chi connectivity index (χ3n) is 7.86. The van der Waals surface area contributed by atoms with Crippen molar-refractivity contribution < 1.29 is 24.2 Å². The molecule has 6 nitrogen and oxygen atoms in total. The monoisotopic (exact) mass is 517 g/mol. The number of carbonyl (C=O) groups excluding carboxylic acids is 2. The fourth-order valence-electron chi connectivity index (χ4n) is 6.01. The Morgan fingerprint density at radius 2 is 1.36 bits per heavy atom. The van der Waals surface area contributed by atoms with Gasteiger partial charge in [-0.15, -0.1) is 0 Å². The van der Waals surface area contributed by atoms with Crippen molar-refractivity contribution in [3.8, 4) is 16.9 Å². The minimum absolute atomic E-state index is 0.0212. The minimum Gasteiger partial charge on any atom is -0.481 e. The van der Waals surface area contributed by atoms with E-state index in [4.69, 9.17) is 4.74 Å². The first kappa shape index (κ1) is 24.6. The lowest BCUT2D eigenvalue weighted by Crippen LogP contribution is -2.52. The molecule has 1 amide bonds. The van der Waals surface area contributed by atoms with Gasteiger partial charge in [-0.1, -0.05) is 78.9 Å². The van der Waals surface area contributed by atoms with Gasteiger partial charge in [-0.25, -0.2) is 0 Å². The molecule has 0 unspecified atom stereocenters. The Labute approximate surface area is 226 Å². The Hall–Kier alpha value is -4.71. The van der Waals surface area contributed by atoms with Crippen molar-refractivity contribution >= 4 is 23.5 Å². The summed E-state index contributed by atoms with van der Waals surface area (Å²) in [6, 6.07) is 31.9. The molecule has 0 saturated heterocycles. The highest BCUT2D eigenvalue weighted by Crippen LogP contribution is 2.58. The van der Waals surface area contributed by atoms with Crippen LogP contribution in [0.25, 0.3) is 11.1 Å². The molecule has 4 aromatic carbocycles. The van der Waals surface area contributed by atoms with E-state index in [1.807, 2.05) is 91.0 Å². The number of carbonyl (C=O) groups is 3. The van der Waals surface area contributed by atoms with E-state index in [-0.39, 0.29) is 5.91 Å². The first-order chi connectivity index (χ1) is 19.0. The molecule has 0 spiro atoms. The van der Waals surface area contributed by atoms with Crippen molar-refractivity contribution in [1.29, 1.82) is 0 Å². The number of hydrogen-bond donors (Lipinski definition) is 2. The van der Waals surface area contributed by atoms with Crippen molar-refractivity contribution in [2.75, 3.05) is 5.32 Å². The van der Waals surface area contributed by atoms with Crippen LogP contribution in [-0.2, 0) is 20.8 Å². The normalized spacial score (nSPS) is 21.7. The van der Waals surface area contributed by atoms with Gasteiger partial charge in [-0.3, -0.25) is 14.4 Å². The molecular weight excluding hydrogens is 490 g/mol. The molecule has 1 aliphatic heterocycles. The number of fused-ring (bicyclic) bond motifs is 1. The number of nitrogens with one attached hydrogen (secondary N) is 1. The van der Waals surface area contributed by atoms with Crippen molar-refractivity contribution in [1.82, 2.24) is 0 Å². The lowest BCUT2D eigenvalue weighted by Gasteiger charge is -2.48. The number of aryl methyl sites for hydroxylation is 1. The van der Waals surface area contributed by atoms with Gasteiger partial charge in [0.2, 0.25) is 5.91 Å². The second-order valence-corrected chi connectivity index (χ2v) is 10.1. The number of carboxylic acids is 1. The zero-order valence-electron chi connectivity index (χ0n) is 21.1. The minimum atomic E-state index is -0.924. The van der Waals surface area contributed by atoms with Crippen LogP contribution < -0.4 is 10.1 Å². The summed E-state index contributed by atoms with van der Waals surface area (Å²) in [6.45, 7) is 0.